The zero-order chi connectivity index (χ0) is 15.2. The third-order valence-electron chi connectivity index (χ3n) is 5.05. The topological polar surface area (TPSA) is 41.4 Å². The fraction of sp³-hybridized carbons (Fsp3) is 0.765. The molecule has 5 heteroatoms. The number of aromatic nitrogens is 2. The van der Waals surface area contributed by atoms with Crippen LogP contribution in [-0.4, -0.2) is 57.5 Å². The maximum atomic E-state index is 12.6. The van der Waals surface area contributed by atoms with Crippen LogP contribution in [0.25, 0.3) is 0 Å². The zero-order valence-corrected chi connectivity index (χ0v) is 13.5. The van der Waals surface area contributed by atoms with Crippen LogP contribution in [0.15, 0.2) is 18.7 Å². The second-order valence-corrected chi connectivity index (χ2v) is 6.66. The predicted octanol–water partition coefficient (Wildman–Crippen LogP) is 2.14. The third-order valence-corrected chi connectivity index (χ3v) is 5.05. The summed E-state index contributed by atoms with van der Waals surface area (Å²) in [5.74, 6) is 0.251. The number of likely N-dealkylation sites (tertiary alicyclic amines) is 2. The van der Waals surface area contributed by atoms with Crippen molar-refractivity contribution in [3.05, 3.63) is 18.7 Å². The van der Waals surface area contributed by atoms with E-state index in [2.05, 4.69) is 14.8 Å². The Morgan fingerprint density at radius 1 is 1.09 bits per heavy atom. The van der Waals surface area contributed by atoms with Crippen LogP contribution in [0.2, 0.25) is 0 Å². The Balaban J connectivity index is 1.52. The minimum absolute atomic E-state index is 0.251. The summed E-state index contributed by atoms with van der Waals surface area (Å²) in [7, 11) is 0. The summed E-state index contributed by atoms with van der Waals surface area (Å²) in [6, 6.07) is 0.437. The number of amides is 1. The van der Waals surface area contributed by atoms with Crippen LogP contribution >= 0.6 is 0 Å². The number of nitrogens with zero attached hydrogens (tertiary/aromatic N) is 4. The minimum atomic E-state index is 0.251. The molecule has 3 heterocycles. The van der Waals surface area contributed by atoms with Crippen molar-refractivity contribution < 1.29 is 4.79 Å². The zero-order valence-electron chi connectivity index (χ0n) is 13.5. The van der Waals surface area contributed by atoms with Crippen molar-refractivity contribution in [2.24, 2.45) is 0 Å². The van der Waals surface area contributed by atoms with Gasteiger partial charge in [0.15, 0.2) is 0 Å². The van der Waals surface area contributed by atoms with E-state index in [1.54, 1.807) is 12.5 Å². The van der Waals surface area contributed by atoms with E-state index in [4.69, 9.17) is 0 Å². The predicted molar refractivity (Wildman–Crippen MR) is 86.5 cm³/mol. The number of hydrogen-bond acceptors (Lipinski definition) is 3. The monoisotopic (exact) mass is 304 g/mol. The first-order valence-corrected chi connectivity index (χ1v) is 8.80. The Labute approximate surface area is 133 Å². The van der Waals surface area contributed by atoms with Gasteiger partial charge in [0.1, 0.15) is 6.54 Å². The smallest absolute Gasteiger partial charge is 0.242 e. The molecule has 1 amide bonds. The molecular formula is C17H28N4O. The SMILES string of the molecule is O=C(Cn1ccnc1)N1CCCC[C@@H]1CCN1CCCCC1. The summed E-state index contributed by atoms with van der Waals surface area (Å²) in [4.78, 5) is 21.3. The van der Waals surface area contributed by atoms with E-state index in [9.17, 15) is 4.79 Å². The number of imidazole rings is 1. The number of piperidine rings is 2. The lowest BCUT2D eigenvalue weighted by atomic mass is 9.98. The molecule has 0 N–H and O–H groups in total. The highest BCUT2D eigenvalue weighted by Crippen LogP contribution is 2.21. The van der Waals surface area contributed by atoms with Crippen LogP contribution in [0.3, 0.4) is 0 Å². The van der Waals surface area contributed by atoms with Gasteiger partial charge < -0.3 is 14.4 Å². The molecule has 5 nitrogen and oxygen atoms in total. The average Bonchev–Trinajstić information content (AvgIpc) is 3.07. The van der Waals surface area contributed by atoms with Gasteiger partial charge in [-0.25, -0.2) is 4.98 Å². The van der Waals surface area contributed by atoms with E-state index < -0.39 is 0 Å². The molecule has 0 radical (unpaired) electrons. The molecule has 1 aromatic heterocycles. The lowest BCUT2D eigenvalue weighted by Crippen LogP contribution is -2.46. The molecule has 2 aliphatic heterocycles. The second-order valence-electron chi connectivity index (χ2n) is 6.66. The molecule has 3 rings (SSSR count). The molecule has 22 heavy (non-hydrogen) atoms. The summed E-state index contributed by atoms with van der Waals surface area (Å²) in [5.41, 5.74) is 0. The van der Waals surface area contributed by atoms with Gasteiger partial charge in [-0.3, -0.25) is 4.79 Å². The van der Waals surface area contributed by atoms with Crippen LogP contribution in [0.5, 0.6) is 0 Å². The van der Waals surface area contributed by atoms with Gasteiger partial charge in [0.2, 0.25) is 5.91 Å². The van der Waals surface area contributed by atoms with Crippen LogP contribution in [0.4, 0.5) is 0 Å². The molecule has 2 fully saturated rings. The van der Waals surface area contributed by atoms with Crippen LogP contribution in [-0.2, 0) is 11.3 Å². The van der Waals surface area contributed by atoms with Gasteiger partial charge in [-0.2, -0.15) is 0 Å². The fourth-order valence-corrected chi connectivity index (χ4v) is 3.77. The van der Waals surface area contributed by atoms with E-state index in [0.29, 0.717) is 12.6 Å². The lowest BCUT2D eigenvalue weighted by molar-refractivity contribution is -0.135. The summed E-state index contributed by atoms with van der Waals surface area (Å²) < 4.78 is 1.87. The van der Waals surface area contributed by atoms with Crippen molar-refractivity contribution in [2.45, 2.75) is 57.5 Å². The first kappa shape index (κ1) is 15.5. The van der Waals surface area contributed by atoms with Gasteiger partial charge in [0.25, 0.3) is 0 Å². The molecule has 122 valence electrons. The van der Waals surface area contributed by atoms with Gasteiger partial charge in [-0.1, -0.05) is 6.42 Å². The van der Waals surface area contributed by atoms with E-state index in [-0.39, 0.29) is 5.91 Å². The Morgan fingerprint density at radius 3 is 2.68 bits per heavy atom. The van der Waals surface area contributed by atoms with E-state index in [1.807, 2.05) is 10.8 Å². The van der Waals surface area contributed by atoms with Gasteiger partial charge in [-0.15, -0.1) is 0 Å². The molecule has 0 unspecified atom stereocenters. The number of rotatable bonds is 5. The first-order valence-electron chi connectivity index (χ1n) is 8.80. The highest BCUT2D eigenvalue weighted by atomic mass is 16.2. The summed E-state index contributed by atoms with van der Waals surface area (Å²) >= 11 is 0. The Morgan fingerprint density at radius 2 is 1.91 bits per heavy atom. The third kappa shape index (κ3) is 4.09. The highest BCUT2D eigenvalue weighted by molar-refractivity contribution is 5.76. The molecule has 0 bridgehead atoms. The summed E-state index contributed by atoms with van der Waals surface area (Å²) in [6.45, 7) is 5.00. The van der Waals surface area contributed by atoms with Crippen LogP contribution in [0, 0.1) is 0 Å². The van der Waals surface area contributed by atoms with Gasteiger partial charge in [0, 0.05) is 31.5 Å². The maximum absolute atomic E-state index is 12.6. The van der Waals surface area contributed by atoms with Gasteiger partial charge >= 0.3 is 0 Å². The van der Waals surface area contributed by atoms with Crippen LogP contribution in [0.1, 0.15) is 44.9 Å². The van der Waals surface area contributed by atoms with Crippen molar-refractivity contribution in [1.29, 1.82) is 0 Å². The highest BCUT2D eigenvalue weighted by Gasteiger charge is 2.27. The molecule has 1 aromatic rings. The quantitative estimate of drug-likeness (QED) is 0.837. The molecule has 2 aliphatic rings. The van der Waals surface area contributed by atoms with E-state index in [1.165, 1.54) is 45.2 Å². The second kappa shape index (κ2) is 7.77. The molecule has 1 atom stereocenters. The Hall–Kier alpha value is -1.36. The number of carbonyl (C=O) groups excluding carboxylic acids is 1. The van der Waals surface area contributed by atoms with Gasteiger partial charge in [0.05, 0.1) is 6.33 Å². The first-order chi connectivity index (χ1) is 10.8. The summed E-state index contributed by atoms with van der Waals surface area (Å²) in [5, 5.41) is 0. The lowest BCUT2D eigenvalue weighted by Gasteiger charge is -2.37. The standard InChI is InChI=1S/C17H28N4O/c22-17(14-20-13-8-18-15-20)21-11-5-2-6-16(21)7-12-19-9-3-1-4-10-19/h8,13,15-16H,1-7,9-12,14H2/t16-/m1/s1. The van der Waals surface area contributed by atoms with Crippen molar-refractivity contribution in [3.63, 3.8) is 0 Å². The van der Waals surface area contributed by atoms with Crippen molar-refractivity contribution >= 4 is 5.91 Å². The number of carbonyl (C=O) groups is 1. The number of hydrogen-bond donors (Lipinski definition) is 0. The van der Waals surface area contributed by atoms with E-state index in [0.717, 1.165) is 25.9 Å². The average molecular weight is 304 g/mol. The minimum Gasteiger partial charge on any atom is -0.338 e. The van der Waals surface area contributed by atoms with Crippen molar-refractivity contribution in [1.82, 2.24) is 19.4 Å². The molecule has 0 saturated carbocycles. The van der Waals surface area contributed by atoms with Crippen LogP contribution < -0.4 is 0 Å². The molecule has 0 aliphatic carbocycles. The van der Waals surface area contributed by atoms with E-state index >= 15 is 0 Å². The molecular weight excluding hydrogens is 276 g/mol. The maximum Gasteiger partial charge on any atom is 0.242 e. The molecule has 0 spiro atoms. The molecule has 0 aromatic carbocycles. The Bertz CT molecular complexity index is 453. The van der Waals surface area contributed by atoms with Gasteiger partial charge in [-0.05, 0) is 51.6 Å². The van der Waals surface area contributed by atoms with Crippen molar-refractivity contribution in [2.75, 3.05) is 26.2 Å². The summed E-state index contributed by atoms with van der Waals surface area (Å²) in [6.07, 6.45) is 14.1. The van der Waals surface area contributed by atoms with Crippen molar-refractivity contribution in [3.8, 4) is 0 Å². The fourth-order valence-electron chi connectivity index (χ4n) is 3.77. The molecule has 2 saturated heterocycles. The normalized spacial score (nSPS) is 23.6. The Kier molecular flexibility index (Phi) is 5.48. The largest absolute Gasteiger partial charge is 0.338 e.